The highest BCUT2D eigenvalue weighted by Gasteiger charge is 2.49. The number of urea groups is 1. The summed E-state index contributed by atoms with van der Waals surface area (Å²) in [6.45, 7) is 1.08. The number of hydroxylamine groups is 3. The van der Waals surface area contributed by atoms with Gasteiger partial charge in [-0.2, -0.15) is 18.7 Å². The lowest BCUT2D eigenvalue weighted by Crippen LogP contribution is -2.50. The molecule has 3 amide bonds. The molecule has 3 rings (SSSR count). The molecule has 3 aliphatic heterocycles. The van der Waals surface area contributed by atoms with Gasteiger partial charge in [0.1, 0.15) is 6.04 Å². The SMILES string of the molecule is N#CC[C@@H]1CN[C@@H](CONC(=O)C2CCC3CN2C(=O)N3OS(=O)(=O)O)C1. The van der Waals surface area contributed by atoms with Crippen LogP contribution >= 0.6 is 0 Å². The summed E-state index contributed by atoms with van der Waals surface area (Å²) in [6.07, 6.45) is 1.90. The number of rotatable bonds is 7. The van der Waals surface area contributed by atoms with Crippen molar-refractivity contribution in [3.05, 3.63) is 0 Å². The van der Waals surface area contributed by atoms with Gasteiger partial charge in [-0.15, -0.1) is 4.28 Å². The van der Waals surface area contributed by atoms with E-state index in [1.165, 1.54) is 4.90 Å². The van der Waals surface area contributed by atoms with E-state index in [0.717, 1.165) is 13.0 Å². The molecule has 27 heavy (non-hydrogen) atoms. The normalized spacial score (nSPS) is 30.4. The minimum absolute atomic E-state index is 0.0338. The molecule has 0 saturated carbocycles. The molecule has 150 valence electrons. The van der Waals surface area contributed by atoms with Gasteiger partial charge in [0.15, 0.2) is 0 Å². The number of carbonyl (C=O) groups is 2. The second-order valence-corrected chi connectivity index (χ2v) is 7.86. The zero-order valence-electron chi connectivity index (χ0n) is 14.4. The van der Waals surface area contributed by atoms with Crippen LogP contribution in [0.3, 0.4) is 0 Å². The third-order valence-electron chi connectivity index (χ3n) is 4.95. The highest BCUT2D eigenvalue weighted by Crippen LogP contribution is 2.30. The van der Waals surface area contributed by atoms with Crippen molar-refractivity contribution in [3.8, 4) is 6.07 Å². The molecule has 12 nitrogen and oxygen atoms in total. The predicted octanol–water partition coefficient (Wildman–Crippen LogP) is -1.07. The molecule has 3 saturated heterocycles. The molecule has 0 aliphatic carbocycles. The maximum Gasteiger partial charge on any atom is 0.418 e. The van der Waals surface area contributed by atoms with E-state index < -0.39 is 34.4 Å². The van der Waals surface area contributed by atoms with Crippen LogP contribution in [0, 0.1) is 17.2 Å². The Labute approximate surface area is 156 Å². The molecule has 4 atom stereocenters. The second-order valence-electron chi connectivity index (χ2n) is 6.86. The fourth-order valence-corrected chi connectivity index (χ4v) is 4.09. The second kappa shape index (κ2) is 7.95. The first-order chi connectivity index (χ1) is 12.8. The first kappa shape index (κ1) is 19.8. The Balaban J connectivity index is 1.47. The van der Waals surface area contributed by atoms with Crippen LogP contribution < -0.4 is 10.8 Å². The first-order valence-electron chi connectivity index (χ1n) is 8.57. The van der Waals surface area contributed by atoms with Gasteiger partial charge in [0.2, 0.25) is 0 Å². The van der Waals surface area contributed by atoms with Gasteiger partial charge in [0, 0.05) is 19.0 Å². The van der Waals surface area contributed by atoms with E-state index in [1.54, 1.807) is 0 Å². The van der Waals surface area contributed by atoms with Crippen molar-refractivity contribution in [2.45, 2.75) is 43.8 Å². The lowest BCUT2D eigenvalue weighted by atomic mass is 10.0. The molecule has 3 heterocycles. The maximum atomic E-state index is 12.3. The Morgan fingerprint density at radius 3 is 2.93 bits per heavy atom. The van der Waals surface area contributed by atoms with E-state index in [9.17, 15) is 18.0 Å². The largest absolute Gasteiger partial charge is 0.418 e. The van der Waals surface area contributed by atoms with Crippen molar-refractivity contribution in [1.82, 2.24) is 20.8 Å². The molecule has 0 aromatic rings. The number of nitrogens with zero attached hydrogens (tertiary/aromatic N) is 3. The van der Waals surface area contributed by atoms with Crippen molar-refractivity contribution in [2.24, 2.45) is 5.92 Å². The van der Waals surface area contributed by atoms with Gasteiger partial charge in [-0.3, -0.25) is 14.2 Å². The summed E-state index contributed by atoms with van der Waals surface area (Å²) in [5.74, 6) is -0.243. The van der Waals surface area contributed by atoms with Gasteiger partial charge in [0.25, 0.3) is 5.91 Å². The Morgan fingerprint density at radius 1 is 1.44 bits per heavy atom. The average Bonchev–Trinajstić information content (AvgIpc) is 3.13. The Morgan fingerprint density at radius 2 is 2.22 bits per heavy atom. The molecule has 0 spiro atoms. The third-order valence-corrected chi connectivity index (χ3v) is 5.30. The predicted molar refractivity (Wildman–Crippen MR) is 87.6 cm³/mol. The summed E-state index contributed by atoms with van der Waals surface area (Å²) in [5, 5.41) is 12.5. The molecule has 2 bridgehead atoms. The summed E-state index contributed by atoms with van der Waals surface area (Å²) in [4.78, 5) is 31.0. The summed E-state index contributed by atoms with van der Waals surface area (Å²) in [6, 6.07) is -0.00124. The van der Waals surface area contributed by atoms with Gasteiger partial charge in [-0.25, -0.2) is 10.3 Å². The van der Waals surface area contributed by atoms with E-state index in [1.807, 2.05) is 0 Å². The smallest absolute Gasteiger partial charge is 0.311 e. The average molecular weight is 403 g/mol. The van der Waals surface area contributed by atoms with E-state index in [0.29, 0.717) is 24.3 Å². The number of nitrogens with one attached hydrogen (secondary N) is 2. The molecule has 13 heteroatoms. The summed E-state index contributed by atoms with van der Waals surface area (Å²) in [7, 11) is -4.82. The molecule has 0 aromatic carbocycles. The number of piperidine rings is 1. The van der Waals surface area contributed by atoms with E-state index in [4.69, 9.17) is 14.7 Å². The van der Waals surface area contributed by atoms with Gasteiger partial charge in [-0.05, 0) is 31.7 Å². The van der Waals surface area contributed by atoms with Crippen molar-refractivity contribution in [1.29, 1.82) is 5.26 Å². The Kier molecular flexibility index (Phi) is 5.82. The van der Waals surface area contributed by atoms with Crippen LogP contribution in [0.25, 0.3) is 0 Å². The minimum Gasteiger partial charge on any atom is -0.311 e. The van der Waals surface area contributed by atoms with Crippen LogP contribution in [0.2, 0.25) is 0 Å². The zero-order valence-corrected chi connectivity index (χ0v) is 15.2. The first-order valence-corrected chi connectivity index (χ1v) is 9.94. The molecular formula is C14H21N5O7S. The van der Waals surface area contributed by atoms with Crippen molar-refractivity contribution in [2.75, 3.05) is 19.7 Å². The number of fused-ring (bicyclic) bond motifs is 2. The molecule has 0 radical (unpaired) electrons. The van der Waals surface area contributed by atoms with E-state index in [-0.39, 0.29) is 25.1 Å². The molecule has 3 fully saturated rings. The number of amides is 3. The maximum absolute atomic E-state index is 12.3. The highest BCUT2D eigenvalue weighted by molar-refractivity contribution is 7.80. The highest BCUT2D eigenvalue weighted by atomic mass is 32.3. The number of carbonyl (C=O) groups excluding carboxylic acids is 2. The van der Waals surface area contributed by atoms with Crippen LogP contribution in [-0.2, 0) is 24.3 Å². The van der Waals surface area contributed by atoms with Crippen LogP contribution in [0.15, 0.2) is 0 Å². The number of hydrogen-bond acceptors (Lipinski definition) is 8. The summed E-state index contributed by atoms with van der Waals surface area (Å²) in [5.41, 5.74) is 2.33. The van der Waals surface area contributed by atoms with E-state index >= 15 is 0 Å². The fraction of sp³-hybridized carbons (Fsp3) is 0.786. The minimum atomic E-state index is -4.82. The third kappa shape index (κ3) is 4.66. The summed E-state index contributed by atoms with van der Waals surface area (Å²) >= 11 is 0. The monoisotopic (exact) mass is 403 g/mol. The van der Waals surface area contributed by atoms with Crippen molar-refractivity contribution >= 4 is 22.3 Å². The standard InChI is InChI=1S/C14H21N5O7S/c15-4-3-9-5-10(16-6-9)8-25-17-13(20)12-2-1-11-7-18(12)14(21)19(11)26-27(22,23)24/h9-12,16H,1-3,5-8H2,(H,17,20)(H,22,23,24)/t9-,10+,11?,12?/m0/s1. The fourth-order valence-electron chi connectivity index (χ4n) is 3.70. The summed E-state index contributed by atoms with van der Waals surface area (Å²) < 4.78 is 34.8. The molecule has 3 N–H and O–H groups in total. The quantitative estimate of drug-likeness (QED) is 0.355. The van der Waals surface area contributed by atoms with Crippen LogP contribution in [0.5, 0.6) is 0 Å². The van der Waals surface area contributed by atoms with Crippen LogP contribution in [-0.4, -0.2) is 72.7 Å². The molecular weight excluding hydrogens is 382 g/mol. The van der Waals surface area contributed by atoms with Crippen molar-refractivity contribution in [3.63, 3.8) is 0 Å². The molecule has 2 unspecified atom stereocenters. The zero-order chi connectivity index (χ0) is 19.6. The van der Waals surface area contributed by atoms with Gasteiger partial charge in [0.05, 0.1) is 18.7 Å². The topological polar surface area (TPSA) is 161 Å². The van der Waals surface area contributed by atoms with Gasteiger partial charge in [-0.1, -0.05) is 0 Å². The van der Waals surface area contributed by atoms with Gasteiger partial charge < -0.3 is 10.2 Å². The lowest BCUT2D eigenvalue weighted by Gasteiger charge is -2.29. The van der Waals surface area contributed by atoms with Crippen molar-refractivity contribution < 1.29 is 31.7 Å². The Bertz CT molecular complexity index is 739. The molecule has 0 aromatic heterocycles. The Hall–Kier alpha value is -1.98. The van der Waals surface area contributed by atoms with Gasteiger partial charge >= 0.3 is 16.4 Å². The number of nitriles is 1. The molecule has 3 aliphatic rings. The lowest BCUT2D eigenvalue weighted by molar-refractivity contribution is -0.139. The van der Waals surface area contributed by atoms with Crippen LogP contribution in [0.4, 0.5) is 4.79 Å². The van der Waals surface area contributed by atoms with E-state index in [2.05, 4.69) is 21.1 Å². The van der Waals surface area contributed by atoms with Crippen LogP contribution in [0.1, 0.15) is 25.7 Å². The number of hydrogen-bond donors (Lipinski definition) is 3.